The first kappa shape index (κ1) is 16.6. The molecule has 1 N–H and O–H groups in total. The molecule has 4 nitrogen and oxygen atoms in total. The maximum absolute atomic E-state index is 13.8. The number of halogens is 2. The molecule has 0 aliphatic carbocycles. The summed E-state index contributed by atoms with van der Waals surface area (Å²) in [6.45, 7) is 1.67. The van der Waals surface area contributed by atoms with E-state index in [4.69, 9.17) is 6.42 Å². The smallest absolute Gasteiger partial charge is 0.246 e. The summed E-state index contributed by atoms with van der Waals surface area (Å²) in [7, 11) is -2.54. The highest BCUT2D eigenvalue weighted by Gasteiger charge is 2.28. The molecule has 0 spiro atoms. The third kappa shape index (κ3) is 3.33. The van der Waals surface area contributed by atoms with Gasteiger partial charge in [0.1, 0.15) is 4.90 Å². The van der Waals surface area contributed by atoms with Crippen LogP contribution in [-0.2, 0) is 16.6 Å². The highest BCUT2D eigenvalue weighted by Crippen LogP contribution is 2.23. The minimum absolute atomic E-state index is 0.0733. The highest BCUT2D eigenvalue weighted by atomic mass is 32.2. The van der Waals surface area contributed by atoms with E-state index in [9.17, 15) is 17.2 Å². The third-order valence-corrected chi connectivity index (χ3v) is 4.59. The second-order valence-electron chi connectivity index (χ2n) is 4.06. The molecule has 20 heavy (non-hydrogen) atoms. The van der Waals surface area contributed by atoms with Crippen LogP contribution in [0.5, 0.6) is 0 Å². The lowest BCUT2D eigenvalue weighted by Crippen LogP contribution is -2.32. The normalized spacial score (nSPS) is 11.6. The molecule has 0 unspecified atom stereocenters. The number of sulfonamides is 1. The van der Waals surface area contributed by atoms with E-state index in [1.807, 2.05) is 0 Å². The van der Waals surface area contributed by atoms with Crippen molar-refractivity contribution in [2.24, 2.45) is 0 Å². The molecule has 1 rings (SSSR count). The molecule has 0 heterocycles. The minimum atomic E-state index is -4.16. The van der Waals surface area contributed by atoms with Crippen molar-refractivity contribution in [2.45, 2.75) is 18.4 Å². The van der Waals surface area contributed by atoms with Gasteiger partial charge in [0.05, 0.1) is 6.54 Å². The van der Waals surface area contributed by atoms with E-state index < -0.39 is 26.6 Å². The fourth-order valence-electron chi connectivity index (χ4n) is 1.72. The minimum Gasteiger partial charge on any atom is -0.316 e. The molecule has 1 aromatic carbocycles. The molecule has 110 valence electrons. The largest absolute Gasteiger partial charge is 0.316 e. The molecule has 0 bridgehead atoms. The topological polar surface area (TPSA) is 49.4 Å². The van der Waals surface area contributed by atoms with Crippen molar-refractivity contribution in [3.8, 4) is 12.3 Å². The molecule has 1 aromatic rings. The number of benzene rings is 1. The van der Waals surface area contributed by atoms with E-state index in [0.29, 0.717) is 5.56 Å². The number of nitrogens with one attached hydrogen (secondary N) is 1. The van der Waals surface area contributed by atoms with Gasteiger partial charge in [-0.15, -0.1) is 6.42 Å². The zero-order valence-corrected chi connectivity index (χ0v) is 12.1. The molecule has 0 amide bonds. The zero-order valence-electron chi connectivity index (χ0n) is 11.3. The summed E-state index contributed by atoms with van der Waals surface area (Å²) in [5, 5.41) is 2.75. The number of rotatable bonds is 6. The van der Waals surface area contributed by atoms with Crippen LogP contribution in [0.3, 0.4) is 0 Å². The molecule has 0 atom stereocenters. The Morgan fingerprint density at radius 2 is 2.05 bits per heavy atom. The van der Waals surface area contributed by atoms with Gasteiger partial charge in [0.25, 0.3) is 0 Å². The molecule has 0 aromatic heterocycles. The zero-order chi connectivity index (χ0) is 15.3. The lowest BCUT2D eigenvalue weighted by molar-refractivity contribution is 0.444. The summed E-state index contributed by atoms with van der Waals surface area (Å²) in [6, 6.07) is 2.08. The molecule has 0 fully saturated rings. The second kappa shape index (κ2) is 6.79. The van der Waals surface area contributed by atoms with Gasteiger partial charge in [-0.3, -0.25) is 0 Å². The van der Waals surface area contributed by atoms with Crippen LogP contribution in [0.25, 0.3) is 0 Å². The summed E-state index contributed by atoms with van der Waals surface area (Å²) in [4.78, 5) is -0.695. The van der Waals surface area contributed by atoms with Crippen molar-refractivity contribution in [1.29, 1.82) is 0 Å². The van der Waals surface area contributed by atoms with Gasteiger partial charge in [0, 0.05) is 13.1 Å². The number of terminal acetylenes is 1. The number of hydrogen-bond donors (Lipinski definition) is 1. The van der Waals surface area contributed by atoms with E-state index in [1.165, 1.54) is 0 Å². The summed E-state index contributed by atoms with van der Waals surface area (Å²) in [6.07, 6.45) is 5.09. The lowest BCUT2D eigenvalue weighted by Gasteiger charge is -2.19. The van der Waals surface area contributed by atoms with Gasteiger partial charge in [-0.05, 0) is 24.7 Å². The van der Waals surface area contributed by atoms with Crippen molar-refractivity contribution >= 4 is 10.0 Å². The molecule has 0 aliphatic rings. The Morgan fingerprint density at radius 3 is 2.55 bits per heavy atom. The first-order chi connectivity index (χ1) is 9.38. The van der Waals surface area contributed by atoms with Crippen LogP contribution in [0.4, 0.5) is 8.78 Å². The molecule has 7 heteroatoms. The maximum atomic E-state index is 13.8. The fraction of sp³-hybridized carbons (Fsp3) is 0.385. The van der Waals surface area contributed by atoms with Gasteiger partial charge in [-0.2, -0.15) is 4.31 Å². The van der Waals surface area contributed by atoms with Crippen LogP contribution in [-0.4, -0.2) is 32.9 Å². The predicted octanol–water partition coefficient (Wildman–Crippen LogP) is 1.33. The van der Waals surface area contributed by atoms with Crippen molar-refractivity contribution in [3.63, 3.8) is 0 Å². The standard InChI is InChI=1S/C13H16F2N2O2S/c1-4-6-17(5-2)20(18,19)12-8-10(9-16-3)7-11(14)13(12)15/h1,7-8,16H,5-6,9H2,2-3H3. The Bertz CT molecular complexity index is 624. The molecular formula is C13H16F2N2O2S. The Hall–Kier alpha value is -1.49. The van der Waals surface area contributed by atoms with Gasteiger partial charge >= 0.3 is 0 Å². The van der Waals surface area contributed by atoms with Crippen molar-refractivity contribution < 1.29 is 17.2 Å². The van der Waals surface area contributed by atoms with Crippen LogP contribution in [0, 0.1) is 24.0 Å². The molecule has 0 saturated heterocycles. The molecular weight excluding hydrogens is 286 g/mol. The van der Waals surface area contributed by atoms with Crippen molar-refractivity contribution in [1.82, 2.24) is 9.62 Å². The Balaban J connectivity index is 3.40. The monoisotopic (exact) mass is 302 g/mol. The summed E-state index contributed by atoms with van der Waals surface area (Å²) in [5.41, 5.74) is 0.335. The quantitative estimate of drug-likeness (QED) is 0.807. The Kier molecular flexibility index (Phi) is 5.62. The van der Waals surface area contributed by atoms with Crippen molar-refractivity contribution in [3.05, 3.63) is 29.3 Å². The number of hydrogen-bond acceptors (Lipinski definition) is 3. The van der Waals surface area contributed by atoms with Crippen LogP contribution in [0.15, 0.2) is 17.0 Å². The van der Waals surface area contributed by atoms with Gasteiger partial charge in [0.15, 0.2) is 11.6 Å². The predicted molar refractivity (Wildman–Crippen MR) is 72.4 cm³/mol. The van der Waals surface area contributed by atoms with E-state index in [-0.39, 0.29) is 19.6 Å². The average Bonchev–Trinajstić information content (AvgIpc) is 2.39. The van der Waals surface area contributed by atoms with Crippen LogP contribution in [0.2, 0.25) is 0 Å². The lowest BCUT2D eigenvalue weighted by atomic mass is 10.2. The van der Waals surface area contributed by atoms with Crippen LogP contribution < -0.4 is 5.32 Å². The van der Waals surface area contributed by atoms with Gasteiger partial charge < -0.3 is 5.32 Å². The second-order valence-corrected chi connectivity index (χ2v) is 5.96. The van der Waals surface area contributed by atoms with Crippen LogP contribution in [0.1, 0.15) is 12.5 Å². The fourth-order valence-corrected chi connectivity index (χ4v) is 3.21. The Labute approximate surface area is 117 Å². The van der Waals surface area contributed by atoms with Gasteiger partial charge in [-0.1, -0.05) is 12.8 Å². The van der Waals surface area contributed by atoms with E-state index >= 15 is 0 Å². The van der Waals surface area contributed by atoms with Crippen LogP contribution >= 0.6 is 0 Å². The first-order valence-electron chi connectivity index (χ1n) is 5.94. The SMILES string of the molecule is C#CCN(CC)S(=O)(=O)c1cc(CNC)cc(F)c1F. The van der Waals surface area contributed by atoms with E-state index in [1.54, 1.807) is 14.0 Å². The Morgan fingerprint density at radius 1 is 1.40 bits per heavy atom. The molecule has 0 saturated carbocycles. The van der Waals surface area contributed by atoms with E-state index in [2.05, 4.69) is 11.2 Å². The molecule has 0 aliphatic heterocycles. The number of nitrogens with zero attached hydrogens (tertiary/aromatic N) is 1. The summed E-state index contributed by atoms with van der Waals surface area (Å²) >= 11 is 0. The summed E-state index contributed by atoms with van der Waals surface area (Å²) < 4.78 is 52.8. The van der Waals surface area contributed by atoms with Gasteiger partial charge in [-0.25, -0.2) is 17.2 Å². The average molecular weight is 302 g/mol. The maximum Gasteiger partial charge on any atom is 0.246 e. The molecule has 0 radical (unpaired) electrons. The van der Waals surface area contributed by atoms with E-state index in [0.717, 1.165) is 16.4 Å². The first-order valence-corrected chi connectivity index (χ1v) is 7.38. The third-order valence-electron chi connectivity index (χ3n) is 2.67. The van der Waals surface area contributed by atoms with Gasteiger partial charge in [0.2, 0.25) is 10.0 Å². The highest BCUT2D eigenvalue weighted by molar-refractivity contribution is 7.89. The summed E-state index contributed by atoms with van der Waals surface area (Å²) in [5.74, 6) is -0.403. The van der Waals surface area contributed by atoms with Crippen molar-refractivity contribution in [2.75, 3.05) is 20.1 Å².